The number of amides is 2. The Bertz CT molecular complexity index is 662. The van der Waals surface area contributed by atoms with Crippen LogP contribution in [0.25, 0.3) is 0 Å². The minimum absolute atomic E-state index is 0.0190. The van der Waals surface area contributed by atoms with Gasteiger partial charge < -0.3 is 5.73 Å². The Kier molecular flexibility index (Phi) is 2.92. The van der Waals surface area contributed by atoms with Crippen molar-refractivity contribution in [2.24, 2.45) is 23.0 Å². The van der Waals surface area contributed by atoms with Gasteiger partial charge in [-0.2, -0.15) is 0 Å². The van der Waals surface area contributed by atoms with E-state index in [1.54, 1.807) is 0 Å². The van der Waals surface area contributed by atoms with Crippen molar-refractivity contribution in [3.8, 4) is 0 Å². The van der Waals surface area contributed by atoms with Crippen molar-refractivity contribution in [3.63, 3.8) is 0 Å². The highest BCUT2D eigenvalue weighted by Gasteiger charge is 2.72. The van der Waals surface area contributed by atoms with Crippen LogP contribution in [0.3, 0.4) is 0 Å². The van der Waals surface area contributed by atoms with E-state index in [0.717, 1.165) is 0 Å². The molecule has 3 rings (SSSR count). The number of rotatable bonds is 3. The van der Waals surface area contributed by atoms with Crippen molar-refractivity contribution >= 4 is 29.0 Å². The first-order valence-corrected chi connectivity index (χ1v) is 7.09. The highest BCUT2D eigenvalue weighted by molar-refractivity contribution is 7.80. The zero-order valence-corrected chi connectivity index (χ0v) is 12.5. The number of hydrogen-bond acceptors (Lipinski definition) is 3. The molecule has 21 heavy (non-hydrogen) atoms. The summed E-state index contributed by atoms with van der Waals surface area (Å²) in [5.74, 6) is -1.31. The lowest BCUT2D eigenvalue weighted by atomic mass is 10.0. The van der Waals surface area contributed by atoms with Crippen LogP contribution in [-0.4, -0.2) is 21.7 Å². The molecule has 2 N–H and O–H groups in total. The standard InChI is InChI=1S/C15H15FN2O2S/c1-15(2)10-11(15)14(20)18(13(10)19)6-7-5-8(16)3-4-9(7)12(17)21/h3-5,10-11H,6H2,1-2H3,(H2,17,21). The molecule has 0 spiro atoms. The van der Waals surface area contributed by atoms with Crippen LogP contribution < -0.4 is 5.73 Å². The molecule has 1 aliphatic heterocycles. The smallest absolute Gasteiger partial charge is 0.233 e. The number of benzene rings is 1. The van der Waals surface area contributed by atoms with E-state index >= 15 is 0 Å². The molecule has 2 unspecified atom stereocenters. The van der Waals surface area contributed by atoms with Crippen molar-refractivity contribution in [2.45, 2.75) is 20.4 Å². The van der Waals surface area contributed by atoms with E-state index in [-0.39, 0.29) is 40.6 Å². The number of carbonyl (C=O) groups is 2. The number of thiocarbonyl (C=S) groups is 1. The molecule has 110 valence electrons. The summed E-state index contributed by atoms with van der Waals surface area (Å²) in [6.07, 6.45) is 0. The number of likely N-dealkylation sites (tertiary alicyclic amines) is 1. The largest absolute Gasteiger partial charge is 0.389 e. The zero-order chi connectivity index (χ0) is 15.5. The lowest BCUT2D eigenvalue weighted by Gasteiger charge is -2.21. The van der Waals surface area contributed by atoms with E-state index in [1.807, 2.05) is 13.8 Å². The van der Waals surface area contributed by atoms with E-state index in [2.05, 4.69) is 0 Å². The number of hydrogen-bond donors (Lipinski definition) is 1. The molecule has 1 saturated heterocycles. The second-order valence-corrected chi connectivity index (χ2v) is 6.64. The Morgan fingerprint density at radius 2 is 1.90 bits per heavy atom. The lowest BCUT2D eigenvalue weighted by molar-refractivity contribution is -0.143. The molecule has 0 radical (unpaired) electrons. The molecule has 1 saturated carbocycles. The summed E-state index contributed by atoms with van der Waals surface area (Å²) >= 11 is 4.93. The van der Waals surface area contributed by atoms with E-state index in [9.17, 15) is 14.0 Å². The molecule has 1 aromatic carbocycles. The highest BCUT2D eigenvalue weighted by Crippen LogP contribution is 2.63. The summed E-state index contributed by atoms with van der Waals surface area (Å²) in [7, 11) is 0. The molecule has 1 heterocycles. The molecule has 2 atom stereocenters. The van der Waals surface area contributed by atoms with Gasteiger partial charge in [0.05, 0.1) is 18.4 Å². The number of fused-ring (bicyclic) bond motifs is 1. The SMILES string of the molecule is CC1(C)C2C(=O)N(Cc3cc(F)ccc3C(N)=S)C(=O)C21. The fourth-order valence-electron chi connectivity index (χ4n) is 3.26. The van der Waals surface area contributed by atoms with Crippen LogP contribution in [0.2, 0.25) is 0 Å². The van der Waals surface area contributed by atoms with Crippen molar-refractivity contribution in [2.75, 3.05) is 0 Å². The maximum absolute atomic E-state index is 13.4. The van der Waals surface area contributed by atoms with Gasteiger partial charge in [0.2, 0.25) is 11.8 Å². The third-order valence-electron chi connectivity index (χ3n) is 4.55. The van der Waals surface area contributed by atoms with Gasteiger partial charge in [0.25, 0.3) is 0 Å². The first kappa shape index (κ1) is 14.1. The predicted octanol–water partition coefficient (Wildman–Crippen LogP) is 1.60. The molecule has 6 heteroatoms. The van der Waals surface area contributed by atoms with Gasteiger partial charge in [-0.15, -0.1) is 0 Å². The number of carbonyl (C=O) groups excluding carboxylic acids is 2. The van der Waals surface area contributed by atoms with Crippen molar-refractivity contribution in [1.82, 2.24) is 4.90 Å². The molecule has 0 aromatic heterocycles. The third-order valence-corrected chi connectivity index (χ3v) is 4.77. The van der Waals surface area contributed by atoms with Crippen LogP contribution in [0.1, 0.15) is 25.0 Å². The number of nitrogens with two attached hydrogens (primary N) is 1. The Hall–Kier alpha value is -1.82. The van der Waals surface area contributed by atoms with Gasteiger partial charge in [0.1, 0.15) is 10.8 Å². The van der Waals surface area contributed by atoms with Crippen LogP contribution in [0.5, 0.6) is 0 Å². The van der Waals surface area contributed by atoms with Gasteiger partial charge >= 0.3 is 0 Å². The second kappa shape index (κ2) is 4.34. The Balaban J connectivity index is 1.89. The lowest BCUT2D eigenvalue weighted by Crippen LogP contribution is -2.36. The third kappa shape index (κ3) is 1.97. The monoisotopic (exact) mass is 306 g/mol. The fraction of sp³-hybridized carbons (Fsp3) is 0.400. The van der Waals surface area contributed by atoms with E-state index in [1.165, 1.54) is 23.1 Å². The Morgan fingerprint density at radius 1 is 1.33 bits per heavy atom. The van der Waals surface area contributed by atoms with E-state index in [4.69, 9.17) is 18.0 Å². The number of nitrogens with zero attached hydrogens (tertiary/aromatic N) is 1. The average molecular weight is 306 g/mol. The van der Waals surface area contributed by atoms with Gasteiger partial charge in [-0.3, -0.25) is 14.5 Å². The molecule has 2 amide bonds. The first-order chi connectivity index (χ1) is 9.75. The minimum Gasteiger partial charge on any atom is -0.389 e. The van der Waals surface area contributed by atoms with Crippen LogP contribution in [0.15, 0.2) is 18.2 Å². The zero-order valence-electron chi connectivity index (χ0n) is 11.7. The molecule has 2 aliphatic rings. The molecule has 2 fully saturated rings. The summed E-state index contributed by atoms with van der Waals surface area (Å²) < 4.78 is 13.4. The van der Waals surface area contributed by atoms with Gasteiger partial charge in [-0.25, -0.2) is 4.39 Å². The van der Waals surface area contributed by atoms with E-state index in [0.29, 0.717) is 11.1 Å². The quantitative estimate of drug-likeness (QED) is 0.680. The number of piperidine rings is 1. The van der Waals surface area contributed by atoms with Crippen molar-refractivity contribution in [1.29, 1.82) is 0 Å². The summed E-state index contributed by atoms with van der Waals surface area (Å²) in [4.78, 5) is 25.9. The maximum Gasteiger partial charge on any atom is 0.233 e. The average Bonchev–Trinajstić information content (AvgIpc) is 2.86. The number of halogens is 1. The van der Waals surface area contributed by atoms with E-state index < -0.39 is 5.82 Å². The van der Waals surface area contributed by atoms with Crippen LogP contribution in [-0.2, 0) is 16.1 Å². The maximum atomic E-state index is 13.4. The molecular weight excluding hydrogens is 291 g/mol. The highest BCUT2D eigenvalue weighted by atomic mass is 32.1. The van der Waals surface area contributed by atoms with Crippen molar-refractivity contribution < 1.29 is 14.0 Å². The topological polar surface area (TPSA) is 63.4 Å². The van der Waals surface area contributed by atoms with Crippen LogP contribution in [0.4, 0.5) is 4.39 Å². The van der Waals surface area contributed by atoms with Crippen LogP contribution in [0, 0.1) is 23.1 Å². The molecular formula is C15H15FN2O2S. The van der Waals surface area contributed by atoms with Crippen molar-refractivity contribution in [3.05, 3.63) is 35.1 Å². The normalized spacial score (nSPS) is 26.0. The number of imide groups is 1. The molecule has 1 aliphatic carbocycles. The van der Waals surface area contributed by atoms with Gasteiger partial charge in [0, 0.05) is 5.56 Å². The first-order valence-electron chi connectivity index (χ1n) is 6.68. The summed E-state index contributed by atoms with van der Waals surface area (Å²) in [5.41, 5.74) is 6.31. The van der Waals surface area contributed by atoms with Gasteiger partial charge in [0.15, 0.2) is 0 Å². The fourth-order valence-corrected chi connectivity index (χ4v) is 3.46. The molecule has 0 bridgehead atoms. The molecule has 1 aromatic rings. The molecule has 4 nitrogen and oxygen atoms in total. The Morgan fingerprint density at radius 3 is 2.43 bits per heavy atom. The summed E-state index contributed by atoms with van der Waals surface area (Å²) in [6, 6.07) is 4.00. The summed E-state index contributed by atoms with van der Waals surface area (Å²) in [6.45, 7) is 3.85. The second-order valence-electron chi connectivity index (χ2n) is 6.21. The minimum atomic E-state index is -0.449. The van der Waals surface area contributed by atoms with Gasteiger partial charge in [-0.1, -0.05) is 26.1 Å². The predicted molar refractivity (Wildman–Crippen MR) is 78.6 cm³/mol. The van der Waals surface area contributed by atoms with Crippen LogP contribution >= 0.6 is 12.2 Å². The Labute approximate surface area is 127 Å². The summed E-state index contributed by atoms with van der Waals surface area (Å²) in [5, 5.41) is 0. The van der Waals surface area contributed by atoms with Gasteiger partial charge in [-0.05, 0) is 29.2 Å².